The van der Waals surface area contributed by atoms with Crippen LogP contribution in [0.5, 0.6) is 0 Å². The lowest BCUT2D eigenvalue weighted by atomic mass is 9.97. The lowest BCUT2D eigenvalue weighted by molar-refractivity contribution is 0.414. The third-order valence-electron chi connectivity index (χ3n) is 5.02. The smallest absolute Gasteiger partial charge is 0.317 e. The molecule has 0 aliphatic carbocycles. The van der Waals surface area contributed by atoms with Gasteiger partial charge < -0.3 is 5.32 Å². The monoisotopic (exact) mass is 328 g/mol. The summed E-state index contributed by atoms with van der Waals surface area (Å²) < 4.78 is 3.59. The van der Waals surface area contributed by atoms with Crippen molar-refractivity contribution in [1.82, 2.24) is 19.7 Å². The maximum absolute atomic E-state index is 12.9. The molecule has 2 heterocycles. The fourth-order valence-corrected chi connectivity index (χ4v) is 3.30. The highest BCUT2D eigenvalue weighted by Gasteiger charge is 2.24. The highest BCUT2D eigenvalue weighted by molar-refractivity contribution is 5.16. The van der Waals surface area contributed by atoms with Crippen LogP contribution in [0.4, 0.5) is 0 Å². The van der Waals surface area contributed by atoms with E-state index in [4.69, 9.17) is 5.10 Å². The first-order chi connectivity index (χ1) is 11.7. The van der Waals surface area contributed by atoms with Crippen molar-refractivity contribution < 1.29 is 0 Å². The molecule has 1 atom stereocenters. The fourth-order valence-electron chi connectivity index (χ4n) is 3.30. The number of rotatable bonds is 6. The molecule has 1 aromatic carbocycles. The summed E-state index contributed by atoms with van der Waals surface area (Å²) in [4.78, 5) is 12.9. The zero-order valence-electron chi connectivity index (χ0n) is 14.7. The molecule has 5 heteroatoms. The first-order valence-electron chi connectivity index (χ1n) is 9.11. The van der Waals surface area contributed by atoms with Crippen LogP contribution < -0.4 is 11.0 Å². The van der Waals surface area contributed by atoms with Gasteiger partial charge >= 0.3 is 5.69 Å². The van der Waals surface area contributed by atoms with Crippen LogP contribution in [0, 0.1) is 5.92 Å². The topological polar surface area (TPSA) is 51.9 Å². The zero-order valence-corrected chi connectivity index (χ0v) is 14.7. The van der Waals surface area contributed by atoms with Crippen LogP contribution in [0.2, 0.25) is 0 Å². The van der Waals surface area contributed by atoms with E-state index in [1.807, 2.05) is 22.8 Å². The molecule has 1 unspecified atom stereocenters. The van der Waals surface area contributed by atoms with E-state index in [9.17, 15) is 4.79 Å². The maximum atomic E-state index is 12.9. The molecule has 0 saturated carbocycles. The number of aromatic nitrogens is 3. The van der Waals surface area contributed by atoms with Crippen molar-refractivity contribution in [2.24, 2.45) is 5.92 Å². The molecule has 2 aromatic rings. The SMILES string of the molecule is CCC(C)Cn1nc(C2CCNCC2)n(Cc2ccccc2)c1=O. The van der Waals surface area contributed by atoms with Gasteiger partial charge in [0.1, 0.15) is 5.82 Å². The van der Waals surface area contributed by atoms with E-state index in [2.05, 4.69) is 31.3 Å². The molecule has 1 N–H and O–H groups in total. The lowest BCUT2D eigenvalue weighted by Crippen LogP contribution is -2.30. The number of hydrogen-bond donors (Lipinski definition) is 1. The van der Waals surface area contributed by atoms with Crippen LogP contribution in [0.3, 0.4) is 0 Å². The highest BCUT2D eigenvalue weighted by atomic mass is 16.2. The van der Waals surface area contributed by atoms with E-state index in [0.29, 0.717) is 24.9 Å². The quantitative estimate of drug-likeness (QED) is 0.887. The second-order valence-corrected chi connectivity index (χ2v) is 6.93. The van der Waals surface area contributed by atoms with Gasteiger partial charge in [0.25, 0.3) is 0 Å². The van der Waals surface area contributed by atoms with E-state index >= 15 is 0 Å². The van der Waals surface area contributed by atoms with Crippen molar-refractivity contribution in [1.29, 1.82) is 0 Å². The number of hydrogen-bond acceptors (Lipinski definition) is 3. The van der Waals surface area contributed by atoms with Crippen molar-refractivity contribution in [2.75, 3.05) is 13.1 Å². The molecule has 3 rings (SSSR count). The summed E-state index contributed by atoms with van der Waals surface area (Å²) in [7, 11) is 0. The summed E-state index contributed by atoms with van der Waals surface area (Å²) in [5, 5.41) is 8.15. The van der Waals surface area contributed by atoms with Gasteiger partial charge in [-0.1, -0.05) is 50.6 Å². The third kappa shape index (κ3) is 3.78. The van der Waals surface area contributed by atoms with Gasteiger partial charge in [0.15, 0.2) is 0 Å². The Morgan fingerprint density at radius 1 is 1.25 bits per heavy atom. The summed E-state index contributed by atoms with van der Waals surface area (Å²) in [5.74, 6) is 1.80. The molecule has 1 aliphatic heterocycles. The first-order valence-corrected chi connectivity index (χ1v) is 9.11. The Bertz CT molecular complexity index is 698. The maximum Gasteiger partial charge on any atom is 0.346 e. The van der Waals surface area contributed by atoms with Gasteiger partial charge in [0, 0.05) is 12.5 Å². The summed E-state index contributed by atoms with van der Waals surface area (Å²) in [5.41, 5.74) is 1.19. The van der Waals surface area contributed by atoms with Crippen LogP contribution in [-0.4, -0.2) is 27.4 Å². The average molecular weight is 328 g/mol. The van der Waals surface area contributed by atoms with Crippen LogP contribution in [0.1, 0.15) is 50.4 Å². The molecule has 0 spiro atoms. The Morgan fingerprint density at radius 3 is 2.62 bits per heavy atom. The molecule has 1 fully saturated rings. The third-order valence-corrected chi connectivity index (χ3v) is 5.02. The number of nitrogens with one attached hydrogen (secondary N) is 1. The average Bonchev–Trinajstić information content (AvgIpc) is 2.93. The largest absolute Gasteiger partial charge is 0.346 e. The van der Waals surface area contributed by atoms with E-state index < -0.39 is 0 Å². The molecular weight excluding hydrogens is 300 g/mol. The van der Waals surface area contributed by atoms with Gasteiger partial charge in [-0.25, -0.2) is 9.48 Å². The van der Waals surface area contributed by atoms with Gasteiger partial charge in [-0.2, -0.15) is 5.10 Å². The Kier molecular flexibility index (Phi) is 5.51. The Hall–Kier alpha value is -1.88. The summed E-state index contributed by atoms with van der Waals surface area (Å²) in [6.45, 7) is 7.65. The van der Waals surface area contributed by atoms with Crippen molar-refractivity contribution in [3.8, 4) is 0 Å². The van der Waals surface area contributed by atoms with Gasteiger partial charge in [0.05, 0.1) is 6.54 Å². The van der Waals surface area contributed by atoms with Crippen LogP contribution in [-0.2, 0) is 13.1 Å². The van der Waals surface area contributed by atoms with Gasteiger partial charge in [-0.05, 0) is 37.4 Å². The van der Waals surface area contributed by atoms with Crippen molar-refractivity contribution in [2.45, 2.75) is 52.1 Å². The fraction of sp³-hybridized carbons (Fsp3) is 0.579. The van der Waals surface area contributed by atoms with Gasteiger partial charge in [-0.15, -0.1) is 0 Å². The number of piperidine rings is 1. The van der Waals surface area contributed by atoms with Crippen molar-refractivity contribution in [3.05, 3.63) is 52.2 Å². The normalized spacial score (nSPS) is 17.1. The van der Waals surface area contributed by atoms with Crippen molar-refractivity contribution in [3.63, 3.8) is 0 Å². The van der Waals surface area contributed by atoms with E-state index in [1.165, 1.54) is 0 Å². The molecule has 0 amide bonds. The Labute approximate surface area is 143 Å². The predicted molar refractivity (Wildman–Crippen MR) is 96.3 cm³/mol. The van der Waals surface area contributed by atoms with E-state index in [0.717, 1.165) is 43.7 Å². The van der Waals surface area contributed by atoms with E-state index in [1.54, 1.807) is 4.68 Å². The highest BCUT2D eigenvalue weighted by Crippen LogP contribution is 2.23. The standard InChI is InChI=1S/C19H28N4O/c1-3-15(2)13-23-19(24)22(14-16-7-5-4-6-8-16)18(21-23)17-9-11-20-12-10-17/h4-8,15,17,20H,3,9-14H2,1-2H3. The van der Waals surface area contributed by atoms with Gasteiger partial charge in [-0.3, -0.25) is 4.57 Å². The molecule has 0 radical (unpaired) electrons. The molecule has 0 bridgehead atoms. The summed E-state index contributed by atoms with van der Waals surface area (Å²) in [6.07, 6.45) is 3.16. The second-order valence-electron chi connectivity index (χ2n) is 6.93. The van der Waals surface area contributed by atoms with Crippen molar-refractivity contribution >= 4 is 0 Å². The number of nitrogens with zero attached hydrogens (tertiary/aromatic N) is 3. The lowest BCUT2D eigenvalue weighted by Gasteiger charge is -2.22. The Morgan fingerprint density at radius 2 is 1.96 bits per heavy atom. The second kappa shape index (κ2) is 7.79. The minimum absolute atomic E-state index is 0.0349. The molecule has 1 saturated heterocycles. The summed E-state index contributed by atoms with van der Waals surface area (Å²) in [6, 6.07) is 10.2. The minimum atomic E-state index is 0.0349. The zero-order chi connectivity index (χ0) is 16.9. The molecule has 130 valence electrons. The van der Waals surface area contributed by atoms with Gasteiger partial charge in [0.2, 0.25) is 0 Å². The van der Waals surface area contributed by atoms with E-state index in [-0.39, 0.29) is 5.69 Å². The molecule has 1 aliphatic rings. The summed E-state index contributed by atoms with van der Waals surface area (Å²) >= 11 is 0. The van der Waals surface area contributed by atoms with Crippen LogP contribution in [0.25, 0.3) is 0 Å². The molecule has 5 nitrogen and oxygen atoms in total. The van der Waals surface area contributed by atoms with Crippen LogP contribution in [0.15, 0.2) is 35.1 Å². The Balaban J connectivity index is 1.95. The predicted octanol–water partition coefficient (Wildman–Crippen LogP) is 2.61. The molecule has 1 aromatic heterocycles. The van der Waals surface area contributed by atoms with Crippen LogP contribution >= 0.6 is 0 Å². The minimum Gasteiger partial charge on any atom is -0.317 e. The number of benzene rings is 1. The molecule has 24 heavy (non-hydrogen) atoms. The first kappa shape index (κ1) is 17.0. The molecular formula is C19H28N4O.